The Labute approximate surface area is 116 Å². The summed E-state index contributed by atoms with van der Waals surface area (Å²) < 4.78 is 3.83. The second kappa shape index (κ2) is 4.30. The number of rotatable bonds is 2. The molecule has 0 aliphatic heterocycles. The molecule has 0 saturated carbocycles. The molecule has 0 aliphatic carbocycles. The molecule has 3 aromatic heterocycles. The van der Waals surface area contributed by atoms with Gasteiger partial charge in [0.05, 0.1) is 6.21 Å². The van der Waals surface area contributed by atoms with Crippen LogP contribution in [0.2, 0.25) is 5.15 Å². The number of nitrogens with one attached hydrogen (secondary N) is 1. The molecular formula is C9H7ClN6S2. The molecule has 18 heavy (non-hydrogen) atoms. The van der Waals surface area contributed by atoms with Crippen LogP contribution in [0.15, 0.2) is 16.7 Å². The van der Waals surface area contributed by atoms with E-state index in [4.69, 9.17) is 23.8 Å². The molecule has 0 aromatic carbocycles. The molecule has 0 unspecified atom stereocenters. The van der Waals surface area contributed by atoms with E-state index in [1.165, 1.54) is 16.0 Å². The predicted octanol–water partition coefficient (Wildman–Crippen LogP) is 2.49. The molecule has 6 nitrogen and oxygen atoms in total. The van der Waals surface area contributed by atoms with Crippen LogP contribution in [0.4, 0.5) is 0 Å². The molecule has 3 rings (SSSR count). The number of aromatic amines is 1. The minimum Gasteiger partial charge on any atom is -0.288 e. The van der Waals surface area contributed by atoms with Gasteiger partial charge in [0.1, 0.15) is 11.5 Å². The molecule has 0 amide bonds. The molecule has 0 bridgehead atoms. The van der Waals surface area contributed by atoms with Crippen molar-refractivity contribution in [2.24, 2.45) is 5.10 Å². The number of hydrogen-bond acceptors (Lipinski definition) is 5. The molecule has 3 heterocycles. The molecule has 1 N–H and O–H groups in total. The van der Waals surface area contributed by atoms with E-state index >= 15 is 0 Å². The summed E-state index contributed by atoms with van der Waals surface area (Å²) in [7, 11) is 0. The molecule has 9 heteroatoms. The van der Waals surface area contributed by atoms with E-state index in [9.17, 15) is 0 Å². The van der Waals surface area contributed by atoms with Crippen LogP contribution in [0.5, 0.6) is 0 Å². The Kier molecular flexibility index (Phi) is 2.77. The number of imidazole rings is 1. The highest BCUT2D eigenvalue weighted by Gasteiger charge is 2.09. The first-order valence-corrected chi connectivity index (χ1v) is 6.63. The summed E-state index contributed by atoms with van der Waals surface area (Å²) in [4.78, 5) is 5.04. The van der Waals surface area contributed by atoms with E-state index in [2.05, 4.69) is 20.3 Å². The number of nitrogens with zero attached hydrogens (tertiary/aromatic N) is 5. The average Bonchev–Trinajstić information content (AvgIpc) is 2.96. The van der Waals surface area contributed by atoms with E-state index in [1.54, 1.807) is 6.21 Å². The average molecular weight is 299 g/mol. The van der Waals surface area contributed by atoms with Crippen LogP contribution in [0.25, 0.3) is 4.96 Å². The van der Waals surface area contributed by atoms with E-state index < -0.39 is 0 Å². The topological polar surface area (TPSA) is 63.3 Å². The zero-order chi connectivity index (χ0) is 12.7. The number of H-pyrrole nitrogens is 1. The minimum atomic E-state index is 0.415. The molecule has 3 aromatic rings. The van der Waals surface area contributed by atoms with Crippen LogP contribution in [-0.4, -0.2) is 30.5 Å². The molecule has 0 atom stereocenters. The van der Waals surface area contributed by atoms with Crippen molar-refractivity contribution >= 4 is 46.3 Å². The second-order valence-corrected chi connectivity index (χ2v) is 5.09. The maximum atomic E-state index is 6.05. The summed E-state index contributed by atoms with van der Waals surface area (Å²) in [5, 5.41) is 13.2. The Hall–Kier alpha value is -1.51. The fraction of sp³-hybridized carbons (Fsp3) is 0.111. The van der Waals surface area contributed by atoms with Crippen molar-refractivity contribution < 1.29 is 0 Å². The monoisotopic (exact) mass is 298 g/mol. The third-order valence-corrected chi connectivity index (χ3v) is 3.66. The fourth-order valence-electron chi connectivity index (χ4n) is 1.51. The normalized spacial score (nSPS) is 11.9. The molecule has 0 fully saturated rings. The van der Waals surface area contributed by atoms with Crippen LogP contribution < -0.4 is 0 Å². The maximum absolute atomic E-state index is 6.05. The molecule has 0 spiro atoms. The first kappa shape index (κ1) is 11.6. The van der Waals surface area contributed by atoms with E-state index in [0.717, 1.165) is 10.7 Å². The Morgan fingerprint density at radius 1 is 1.61 bits per heavy atom. The fourth-order valence-corrected chi connectivity index (χ4v) is 2.73. The maximum Gasteiger partial charge on any atom is 0.216 e. The lowest BCUT2D eigenvalue weighted by Gasteiger charge is -1.94. The quantitative estimate of drug-likeness (QED) is 0.584. The highest BCUT2D eigenvalue weighted by molar-refractivity contribution is 7.71. The number of thiazole rings is 1. The third kappa shape index (κ3) is 1.78. The molecule has 0 radical (unpaired) electrons. The third-order valence-electron chi connectivity index (χ3n) is 2.36. The predicted molar refractivity (Wildman–Crippen MR) is 73.2 cm³/mol. The lowest BCUT2D eigenvalue weighted by Crippen LogP contribution is -1.96. The van der Waals surface area contributed by atoms with Gasteiger partial charge in [0.2, 0.25) is 4.77 Å². The summed E-state index contributed by atoms with van der Waals surface area (Å²) in [6, 6.07) is 0. The largest absolute Gasteiger partial charge is 0.288 e. The SMILES string of the molecule is Cc1n[nH]c(=S)n1/N=C/c1c(Cl)nc2sccn12. The van der Waals surface area contributed by atoms with E-state index in [0.29, 0.717) is 15.7 Å². The van der Waals surface area contributed by atoms with Gasteiger partial charge in [-0.15, -0.1) is 11.3 Å². The summed E-state index contributed by atoms with van der Waals surface area (Å²) in [6.45, 7) is 1.81. The Morgan fingerprint density at radius 2 is 2.44 bits per heavy atom. The van der Waals surface area contributed by atoms with Gasteiger partial charge in [0.25, 0.3) is 0 Å². The Balaban J connectivity index is 2.09. The standard InChI is InChI=1S/C9H7ClN6S2/c1-5-13-14-8(17)16(5)11-4-6-7(10)12-9-15(6)2-3-18-9/h2-4H,1H3,(H,14,17)/b11-4+. The van der Waals surface area contributed by atoms with Gasteiger partial charge in [-0.1, -0.05) is 11.6 Å². The van der Waals surface area contributed by atoms with Gasteiger partial charge in [-0.25, -0.2) is 4.98 Å². The highest BCUT2D eigenvalue weighted by Crippen LogP contribution is 2.19. The Morgan fingerprint density at radius 3 is 3.17 bits per heavy atom. The lowest BCUT2D eigenvalue weighted by molar-refractivity contribution is 0.820. The van der Waals surface area contributed by atoms with Gasteiger partial charge in [0, 0.05) is 11.6 Å². The molecule has 0 saturated heterocycles. The minimum absolute atomic E-state index is 0.415. The highest BCUT2D eigenvalue weighted by atomic mass is 35.5. The summed E-state index contributed by atoms with van der Waals surface area (Å²) in [5.74, 6) is 0.679. The van der Waals surface area contributed by atoms with Crippen molar-refractivity contribution in [3.8, 4) is 0 Å². The van der Waals surface area contributed by atoms with Crippen molar-refractivity contribution in [2.45, 2.75) is 6.92 Å². The van der Waals surface area contributed by atoms with Crippen molar-refractivity contribution in [1.29, 1.82) is 0 Å². The zero-order valence-electron chi connectivity index (χ0n) is 9.16. The van der Waals surface area contributed by atoms with Crippen molar-refractivity contribution in [2.75, 3.05) is 0 Å². The number of halogens is 1. The van der Waals surface area contributed by atoms with Gasteiger partial charge in [-0.3, -0.25) is 9.50 Å². The van der Waals surface area contributed by atoms with Crippen LogP contribution in [-0.2, 0) is 0 Å². The van der Waals surface area contributed by atoms with Gasteiger partial charge >= 0.3 is 0 Å². The van der Waals surface area contributed by atoms with Crippen LogP contribution >= 0.6 is 35.2 Å². The lowest BCUT2D eigenvalue weighted by atomic mass is 10.5. The van der Waals surface area contributed by atoms with Gasteiger partial charge in [0.15, 0.2) is 10.1 Å². The second-order valence-electron chi connectivity index (χ2n) is 3.48. The van der Waals surface area contributed by atoms with Gasteiger partial charge in [-0.05, 0) is 19.1 Å². The summed E-state index contributed by atoms with van der Waals surface area (Å²) in [5.41, 5.74) is 0.718. The summed E-state index contributed by atoms with van der Waals surface area (Å²) in [6.07, 6.45) is 3.51. The first-order valence-electron chi connectivity index (χ1n) is 4.96. The molecule has 0 aliphatic rings. The van der Waals surface area contributed by atoms with Gasteiger partial charge in [-0.2, -0.15) is 14.9 Å². The van der Waals surface area contributed by atoms with Crippen LogP contribution in [0, 0.1) is 11.7 Å². The van der Waals surface area contributed by atoms with Crippen molar-refractivity contribution in [3.05, 3.63) is 33.0 Å². The number of aryl methyl sites for hydroxylation is 1. The van der Waals surface area contributed by atoms with Crippen LogP contribution in [0.3, 0.4) is 0 Å². The molecule has 92 valence electrons. The zero-order valence-corrected chi connectivity index (χ0v) is 11.6. The smallest absolute Gasteiger partial charge is 0.216 e. The van der Waals surface area contributed by atoms with Crippen molar-refractivity contribution in [1.82, 2.24) is 24.3 Å². The number of aromatic nitrogens is 5. The van der Waals surface area contributed by atoms with E-state index in [1.807, 2.05) is 22.9 Å². The van der Waals surface area contributed by atoms with E-state index in [-0.39, 0.29) is 0 Å². The first-order chi connectivity index (χ1) is 8.66. The Bertz CT molecular complexity index is 792. The number of fused-ring (bicyclic) bond motifs is 1. The van der Waals surface area contributed by atoms with Crippen LogP contribution in [0.1, 0.15) is 11.5 Å². The van der Waals surface area contributed by atoms with Gasteiger partial charge < -0.3 is 0 Å². The van der Waals surface area contributed by atoms with Crippen molar-refractivity contribution in [3.63, 3.8) is 0 Å². The summed E-state index contributed by atoms with van der Waals surface area (Å²) >= 11 is 12.6. The molecular weight excluding hydrogens is 292 g/mol. The number of hydrogen-bond donors (Lipinski definition) is 1.